The Hall–Kier alpha value is -1.67. The zero-order chi connectivity index (χ0) is 14.3. The predicted octanol–water partition coefficient (Wildman–Crippen LogP) is -0.381. The summed E-state index contributed by atoms with van der Waals surface area (Å²) >= 11 is 0. The van der Waals surface area contributed by atoms with Crippen LogP contribution in [0.4, 0.5) is 17.8 Å². The van der Waals surface area contributed by atoms with Gasteiger partial charge in [-0.25, -0.2) is 0 Å². The minimum Gasteiger partial charge on any atom is -0.383 e. The van der Waals surface area contributed by atoms with E-state index in [4.69, 9.17) is 15.2 Å². The molecule has 1 heterocycles. The molecule has 1 aromatic heterocycles. The number of nitrogens with zero attached hydrogens (tertiary/aromatic N) is 5. The Kier molecular flexibility index (Phi) is 6.23. The first-order valence-corrected chi connectivity index (χ1v) is 6.00. The molecule has 0 amide bonds. The van der Waals surface area contributed by atoms with E-state index in [0.717, 1.165) is 0 Å². The summed E-state index contributed by atoms with van der Waals surface area (Å²) in [5, 5.41) is 0. The molecule has 0 aliphatic heterocycles. The average molecular weight is 270 g/mol. The molecule has 0 saturated carbocycles. The fraction of sp³-hybridized carbons (Fsp3) is 0.727. The lowest BCUT2D eigenvalue weighted by Gasteiger charge is -2.23. The lowest BCUT2D eigenvalue weighted by atomic mass is 10.5. The molecule has 108 valence electrons. The molecule has 0 radical (unpaired) electrons. The van der Waals surface area contributed by atoms with Crippen molar-refractivity contribution in [1.29, 1.82) is 0 Å². The van der Waals surface area contributed by atoms with E-state index < -0.39 is 0 Å². The van der Waals surface area contributed by atoms with Crippen molar-refractivity contribution in [3.63, 3.8) is 0 Å². The number of anilines is 3. The maximum atomic E-state index is 5.71. The van der Waals surface area contributed by atoms with Crippen LogP contribution in [0.3, 0.4) is 0 Å². The lowest BCUT2D eigenvalue weighted by molar-refractivity contribution is 0.189. The summed E-state index contributed by atoms with van der Waals surface area (Å²) in [5.74, 6) is 1.26. The molecule has 0 aliphatic rings. The maximum absolute atomic E-state index is 5.71. The monoisotopic (exact) mass is 270 g/mol. The number of hydrogen-bond donors (Lipinski definition) is 1. The third-order valence-electron chi connectivity index (χ3n) is 2.44. The Balaban J connectivity index is 2.92. The number of ether oxygens (including phenoxy) is 2. The SMILES string of the molecule is COCCN(CCOC)c1nc(N)nc(N(C)C)n1. The van der Waals surface area contributed by atoms with Crippen LogP contribution in [0.1, 0.15) is 0 Å². The number of nitrogens with two attached hydrogens (primary N) is 1. The second kappa shape index (κ2) is 7.70. The van der Waals surface area contributed by atoms with Crippen LogP contribution in [0.5, 0.6) is 0 Å². The summed E-state index contributed by atoms with van der Waals surface area (Å²) in [4.78, 5) is 16.4. The zero-order valence-electron chi connectivity index (χ0n) is 12.0. The highest BCUT2D eigenvalue weighted by Gasteiger charge is 2.13. The summed E-state index contributed by atoms with van der Waals surface area (Å²) in [7, 11) is 7.02. The highest BCUT2D eigenvalue weighted by molar-refractivity contribution is 5.42. The lowest BCUT2D eigenvalue weighted by Crippen LogP contribution is -2.33. The molecule has 0 saturated heterocycles. The first-order valence-electron chi connectivity index (χ1n) is 6.00. The maximum Gasteiger partial charge on any atom is 0.232 e. The van der Waals surface area contributed by atoms with Gasteiger partial charge < -0.3 is 25.0 Å². The van der Waals surface area contributed by atoms with Gasteiger partial charge in [-0.3, -0.25) is 0 Å². The van der Waals surface area contributed by atoms with Crippen LogP contribution >= 0.6 is 0 Å². The van der Waals surface area contributed by atoms with Gasteiger partial charge in [0, 0.05) is 41.4 Å². The third kappa shape index (κ3) is 4.84. The van der Waals surface area contributed by atoms with Crippen molar-refractivity contribution in [2.24, 2.45) is 0 Å². The van der Waals surface area contributed by atoms with Gasteiger partial charge in [0.1, 0.15) is 0 Å². The highest BCUT2D eigenvalue weighted by atomic mass is 16.5. The summed E-state index contributed by atoms with van der Waals surface area (Å²) in [5.41, 5.74) is 5.71. The first kappa shape index (κ1) is 15.4. The molecule has 8 nitrogen and oxygen atoms in total. The second-order valence-corrected chi connectivity index (χ2v) is 4.16. The quantitative estimate of drug-likeness (QED) is 0.683. The number of aromatic nitrogens is 3. The normalized spacial score (nSPS) is 10.5. The second-order valence-electron chi connectivity index (χ2n) is 4.16. The fourth-order valence-electron chi connectivity index (χ4n) is 1.43. The van der Waals surface area contributed by atoms with Gasteiger partial charge in [0.25, 0.3) is 0 Å². The van der Waals surface area contributed by atoms with Crippen molar-refractivity contribution in [3.05, 3.63) is 0 Å². The molecule has 0 spiro atoms. The number of hydrogen-bond acceptors (Lipinski definition) is 8. The van der Waals surface area contributed by atoms with Crippen LogP contribution in [-0.2, 0) is 9.47 Å². The standard InChI is InChI=1S/C11H22N6O2/c1-16(2)10-13-9(12)14-11(15-10)17(5-7-18-3)6-8-19-4/h5-8H2,1-4H3,(H2,12,13,14,15). The van der Waals surface area contributed by atoms with Crippen molar-refractivity contribution in [2.45, 2.75) is 0 Å². The molecule has 19 heavy (non-hydrogen) atoms. The molecular weight excluding hydrogens is 248 g/mol. The van der Waals surface area contributed by atoms with Gasteiger partial charge in [-0.2, -0.15) is 15.0 Å². The summed E-state index contributed by atoms with van der Waals surface area (Å²) < 4.78 is 10.2. The van der Waals surface area contributed by atoms with Gasteiger partial charge in [0.15, 0.2) is 0 Å². The summed E-state index contributed by atoms with van der Waals surface area (Å²) in [6.45, 7) is 2.48. The van der Waals surface area contributed by atoms with E-state index in [-0.39, 0.29) is 5.95 Å². The summed E-state index contributed by atoms with van der Waals surface area (Å²) in [6.07, 6.45) is 0. The number of nitrogen functional groups attached to an aromatic ring is 1. The van der Waals surface area contributed by atoms with Crippen molar-refractivity contribution in [2.75, 3.05) is 70.2 Å². The van der Waals surface area contributed by atoms with Crippen LogP contribution in [0, 0.1) is 0 Å². The van der Waals surface area contributed by atoms with Gasteiger partial charge >= 0.3 is 0 Å². The van der Waals surface area contributed by atoms with Gasteiger partial charge in [-0.1, -0.05) is 0 Å². The van der Waals surface area contributed by atoms with Crippen molar-refractivity contribution < 1.29 is 9.47 Å². The summed E-state index contributed by atoms with van der Waals surface area (Å²) in [6, 6.07) is 0. The van der Waals surface area contributed by atoms with E-state index in [0.29, 0.717) is 38.2 Å². The van der Waals surface area contributed by atoms with Gasteiger partial charge in [0.05, 0.1) is 13.2 Å². The molecule has 1 aromatic rings. The molecular formula is C11H22N6O2. The Bertz CT molecular complexity index is 379. The Morgan fingerprint density at radius 2 is 1.47 bits per heavy atom. The molecule has 0 aliphatic carbocycles. The van der Waals surface area contributed by atoms with Crippen molar-refractivity contribution in [3.8, 4) is 0 Å². The van der Waals surface area contributed by atoms with E-state index in [1.165, 1.54) is 0 Å². The van der Waals surface area contributed by atoms with Crippen LogP contribution in [-0.4, -0.2) is 69.6 Å². The first-order chi connectivity index (χ1) is 9.08. The van der Waals surface area contributed by atoms with Gasteiger partial charge in [-0.05, 0) is 0 Å². The van der Waals surface area contributed by atoms with Crippen LogP contribution in [0.15, 0.2) is 0 Å². The molecule has 8 heteroatoms. The Morgan fingerprint density at radius 1 is 0.947 bits per heavy atom. The zero-order valence-corrected chi connectivity index (χ0v) is 12.0. The molecule has 0 fully saturated rings. The number of rotatable bonds is 8. The third-order valence-corrected chi connectivity index (χ3v) is 2.44. The average Bonchev–Trinajstić information content (AvgIpc) is 2.38. The predicted molar refractivity (Wildman–Crippen MR) is 74.5 cm³/mol. The molecule has 2 N–H and O–H groups in total. The topological polar surface area (TPSA) is 89.6 Å². The number of methoxy groups -OCH3 is 2. The minimum atomic E-state index is 0.202. The van der Waals surface area contributed by atoms with Crippen LogP contribution in [0.2, 0.25) is 0 Å². The molecule has 0 unspecified atom stereocenters. The molecule has 0 aromatic carbocycles. The molecule has 1 rings (SSSR count). The van der Waals surface area contributed by atoms with Crippen molar-refractivity contribution >= 4 is 17.8 Å². The van der Waals surface area contributed by atoms with E-state index in [1.54, 1.807) is 19.1 Å². The van der Waals surface area contributed by atoms with Crippen molar-refractivity contribution in [1.82, 2.24) is 15.0 Å². The fourth-order valence-corrected chi connectivity index (χ4v) is 1.43. The Labute approximate surface area is 113 Å². The van der Waals surface area contributed by atoms with Crippen LogP contribution < -0.4 is 15.5 Å². The van der Waals surface area contributed by atoms with Crippen LogP contribution in [0.25, 0.3) is 0 Å². The van der Waals surface area contributed by atoms with E-state index in [1.807, 2.05) is 19.0 Å². The van der Waals surface area contributed by atoms with E-state index in [9.17, 15) is 0 Å². The minimum absolute atomic E-state index is 0.202. The van der Waals surface area contributed by atoms with E-state index >= 15 is 0 Å². The smallest absolute Gasteiger partial charge is 0.232 e. The molecule has 0 atom stereocenters. The molecule has 0 bridgehead atoms. The highest BCUT2D eigenvalue weighted by Crippen LogP contribution is 2.13. The largest absolute Gasteiger partial charge is 0.383 e. The van der Waals surface area contributed by atoms with Gasteiger partial charge in [-0.15, -0.1) is 0 Å². The van der Waals surface area contributed by atoms with E-state index in [2.05, 4.69) is 15.0 Å². The van der Waals surface area contributed by atoms with Gasteiger partial charge in [0.2, 0.25) is 17.8 Å². The Morgan fingerprint density at radius 3 is 1.95 bits per heavy atom.